The maximum Gasteiger partial charge on any atom is 0.494 e. The van der Waals surface area contributed by atoms with Gasteiger partial charge in [-0.3, -0.25) is 0 Å². The lowest BCUT2D eigenvalue weighted by molar-refractivity contribution is 0.00578. The second-order valence-electron chi connectivity index (χ2n) is 9.11. The van der Waals surface area contributed by atoms with Crippen LogP contribution >= 0.6 is 0 Å². The van der Waals surface area contributed by atoms with Crippen LogP contribution in [0.2, 0.25) is 0 Å². The van der Waals surface area contributed by atoms with Crippen molar-refractivity contribution in [2.24, 2.45) is 5.41 Å². The third kappa shape index (κ3) is 4.15. The van der Waals surface area contributed by atoms with Crippen molar-refractivity contribution in [3.8, 4) is 5.75 Å². The van der Waals surface area contributed by atoms with Gasteiger partial charge in [0.25, 0.3) is 0 Å². The predicted molar refractivity (Wildman–Crippen MR) is 111 cm³/mol. The molecule has 0 unspecified atom stereocenters. The smallest absolute Gasteiger partial charge is 0.456 e. The highest BCUT2D eigenvalue weighted by molar-refractivity contribution is 6.62. The maximum absolute atomic E-state index is 6.18. The van der Waals surface area contributed by atoms with Gasteiger partial charge in [0.1, 0.15) is 11.5 Å². The van der Waals surface area contributed by atoms with E-state index in [2.05, 4.69) is 53.8 Å². The molecular weight excluding hydrogens is 337 g/mol. The quantitative estimate of drug-likeness (QED) is 0.809. The first-order chi connectivity index (χ1) is 12.5. The van der Waals surface area contributed by atoms with E-state index in [1.807, 2.05) is 48.7 Å². The zero-order valence-corrected chi connectivity index (χ0v) is 17.4. The lowest BCUT2D eigenvalue weighted by Gasteiger charge is -2.32. The summed E-state index contributed by atoms with van der Waals surface area (Å²) in [5.74, 6) is 1.59. The maximum atomic E-state index is 6.18. The van der Waals surface area contributed by atoms with E-state index in [9.17, 15) is 0 Å². The Balaban J connectivity index is 1.79. The molecule has 27 heavy (non-hydrogen) atoms. The molecule has 3 rings (SSSR count). The highest BCUT2D eigenvalue weighted by Gasteiger charge is 2.51. The topological polar surface area (TPSA) is 39.7 Å². The van der Waals surface area contributed by atoms with Crippen LogP contribution in [0, 0.1) is 5.41 Å². The van der Waals surface area contributed by atoms with Gasteiger partial charge in [0.05, 0.1) is 16.9 Å². The molecule has 1 N–H and O–H groups in total. The Kier molecular flexibility index (Phi) is 5.04. The molecule has 1 aromatic rings. The Morgan fingerprint density at radius 2 is 1.52 bits per heavy atom. The van der Waals surface area contributed by atoms with Crippen LogP contribution in [0.15, 0.2) is 60.1 Å². The van der Waals surface area contributed by atoms with Crippen molar-refractivity contribution in [2.45, 2.75) is 59.7 Å². The SMILES string of the molecule is CC(C)(C)C1=C(Oc2ccc(B3OC(C)(C)C(C)(C)O3)cc2)C=CC=CN1. The molecule has 0 atom stereocenters. The molecule has 5 heteroatoms. The van der Waals surface area contributed by atoms with Gasteiger partial charge >= 0.3 is 7.12 Å². The van der Waals surface area contributed by atoms with Crippen molar-refractivity contribution in [2.75, 3.05) is 0 Å². The van der Waals surface area contributed by atoms with E-state index in [1.165, 1.54) is 0 Å². The van der Waals surface area contributed by atoms with Crippen LogP contribution in [-0.2, 0) is 9.31 Å². The summed E-state index contributed by atoms with van der Waals surface area (Å²) in [6.07, 6.45) is 7.84. The molecule has 0 aromatic heterocycles. The second-order valence-corrected chi connectivity index (χ2v) is 9.11. The van der Waals surface area contributed by atoms with Gasteiger partial charge in [0, 0.05) is 11.6 Å². The summed E-state index contributed by atoms with van der Waals surface area (Å²) in [7, 11) is -0.364. The fraction of sp³-hybridized carbons (Fsp3) is 0.455. The number of nitrogens with one attached hydrogen (secondary N) is 1. The molecule has 0 amide bonds. The van der Waals surface area contributed by atoms with Gasteiger partial charge < -0.3 is 19.4 Å². The standard InChI is InChI=1S/C22H30BNO3/c1-20(2,3)19-18(10-8-9-15-24-19)25-17-13-11-16(12-14-17)23-26-21(4,5)22(6,7)27-23/h8-15,24H,1-7H3. The Morgan fingerprint density at radius 1 is 0.926 bits per heavy atom. The number of allylic oxidation sites excluding steroid dienone is 4. The molecule has 0 aliphatic carbocycles. The van der Waals surface area contributed by atoms with Crippen molar-refractivity contribution in [1.82, 2.24) is 5.32 Å². The van der Waals surface area contributed by atoms with Crippen LogP contribution in [0.1, 0.15) is 48.5 Å². The molecule has 4 nitrogen and oxygen atoms in total. The Morgan fingerprint density at radius 3 is 2.07 bits per heavy atom. The molecule has 0 bridgehead atoms. The van der Waals surface area contributed by atoms with Crippen LogP contribution in [-0.4, -0.2) is 18.3 Å². The molecule has 144 valence electrons. The normalized spacial score (nSPS) is 21.2. The minimum atomic E-state index is -0.364. The molecular formula is C22H30BNO3. The second kappa shape index (κ2) is 6.88. The Bertz CT molecular complexity index is 767. The minimum absolute atomic E-state index is 0.0585. The van der Waals surface area contributed by atoms with Crippen LogP contribution in [0.5, 0.6) is 5.75 Å². The number of hydrogen-bond donors (Lipinski definition) is 1. The Hall–Kier alpha value is -1.98. The van der Waals surface area contributed by atoms with E-state index in [0.29, 0.717) is 0 Å². The van der Waals surface area contributed by atoms with Crippen LogP contribution in [0.25, 0.3) is 0 Å². The number of benzene rings is 1. The molecule has 2 heterocycles. The monoisotopic (exact) mass is 367 g/mol. The fourth-order valence-electron chi connectivity index (χ4n) is 2.95. The summed E-state index contributed by atoms with van der Waals surface area (Å²) in [4.78, 5) is 0. The molecule has 2 aliphatic rings. The molecule has 2 aliphatic heterocycles. The highest BCUT2D eigenvalue weighted by Crippen LogP contribution is 2.36. The van der Waals surface area contributed by atoms with Crippen molar-refractivity contribution in [1.29, 1.82) is 0 Å². The van der Waals surface area contributed by atoms with Gasteiger partial charge in [0.15, 0.2) is 0 Å². The van der Waals surface area contributed by atoms with Gasteiger partial charge in [-0.05, 0) is 57.4 Å². The number of hydrogen-bond acceptors (Lipinski definition) is 4. The summed E-state index contributed by atoms with van der Waals surface area (Å²) in [6.45, 7) is 14.7. The minimum Gasteiger partial charge on any atom is -0.456 e. The first kappa shape index (κ1) is 19.8. The van der Waals surface area contributed by atoms with Crippen molar-refractivity contribution in [3.05, 3.63) is 60.1 Å². The van der Waals surface area contributed by atoms with Gasteiger partial charge in [-0.25, -0.2) is 0 Å². The van der Waals surface area contributed by atoms with Gasteiger partial charge in [0.2, 0.25) is 0 Å². The van der Waals surface area contributed by atoms with E-state index in [4.69, 9.17) is 14.0 Å². The summed E-state index contributed by atoms with van der Waals surface area (Å²) < 4.78 is 18.4. The zero-order valence-electron chi connectivity index (χ0n) is 17.4. The third-order valence-corrected chi connectivity index (χ3v) is 5.31. The zero-order chi connectivity index (χ0) is 19.9. The Labute approximate surface area is 163 Å². The van der Waals surface area contributed by atoms with E-state index in [0.717, 1.165) is 22.7 Å². The van der Waals surface area contributed by atoms with Crippen LogP contribution in [0.3, 0.4) is 0 Å². The molecule has 1 aromatic carbocycles. The van der Waals surface area contributed by atoms with Gasteiger partial charge in [-0.2, -0.15) is 0 Å². The van der Waals surface area contributed by atoms with Crippen LogP contribution in [0.4, 0.5) is 0 Å². The predicted octanol–water partition coefficient (Wildman–Crippen LogP) is 4.30. The van der Waals surface area contributed by atoms with Gasteiger partial charge in [-0.1, -0.05) is 39.0 Å². The molecule has 0 radical (unpaired) electrons. The highest BCUT2D eigenvalue weighted by atomic mass is 16.7. The lowest BCUT2D eigenvalue weighted by Crippen LogP contribution is -2.41. The molecule has 1 fully saturated rings. The van der Waals surface area contributed by atoms with Crippen molar-refractivity contribution >= 4 is 12.6 Å². The van der Waals surface area contributed by atoms with Crippen molar-refractivity contribution < 1.29 is 14.0 Å². The lowest BCUT2D eigenvalue weighted by atomic mass is 9.79. The largest absolute Gasteiger partial charge is 0.494 e. The summed E-state index contributed by atoms with van der Waals surface area (Å²) in [5.41, 5.74) is 1.29. The van der Waals surface area contributed by atoms with E-state index >= 15 is 0 Å². The average Bonchev–Trinajstić information content (AvgIpc) is 2.71. The molecule has 1 saturated heterocycles. The van der Waals surface area contributed by atoms with E-state index in [-0.39, 0.29) is 23.7 Å². The summed E-state index contributed by atoms with van der Waals surface area (Å²) in [5, 5.41) is 3.34. The van der Waals surface area contributed by atoms with E-state index in [1.54, 1.807) is 0 Å². The summed E-state index contributed by atoms with van der Waals surface area (Å²) >= 11 is 0. The van der Waals surface area contributed by atoms with E-state index < -0.39 is 0 Å². The molecule has 0 spiro atoms. The van der Waals surface area contributed by atoms with Gasteiger partial charge in [-0.15, -0.1) is 0 Å². The molecule has 0 saturated carbocycles. The fourth-order valence-corrected chi connectivity index (χ4v) is 2.95. The first-order valence-corrected chi connectivity index (χ1v) is 9.48. The third-order valence-electron chi connectivity index (χ3n) is 5.31. The number of rotatable bonds is 3. The first-order valence-electron chi connectivity index (χ1n) is 9.48. The summed E-state index contributed by atoms with van der Waals surface area (Å²) in [6, 6.07) is 7.92. The van der Waals surface area contributed by atoms with Crippen LogP contribution < -0.4 is 15.5 Å². The average molecular weight is 367 g/mol. The van der Waals surface area contributed by atoms with Crippen molar-refractivity contribution in [3.63, 3.8) is 0 Å². The number of ether oxygens (including phenoxy) is 1.